The molecule has 67 valence electrons. The fraction of sp³-hybridized carbons (Fsp3) is 0. The molecule has 0 fully saturated rings. The molecule has 0 saturated heterocycles. The molecule has 16 heavy (non-hydrogen) atoms. The fourth-order valence-electron chi connectivity index (χ4n) is 0. The Labute approximate surface area is 173 Å². The van der Waals surface area contributed by atoms with E-state index < -0.39 is 0 Å². The zero-order valence-electron chi connectivity index (χ0n) is 9.00. The van der Waals surface area contributed by atoms with Crippen molar-refractivity contribution in [1.82, 2.24) is 0 Å². The van der Waals surface area contributed by atoms with E-state index in [2.05, 4.69) is 0 Å². The molecule has 10 heteroatoms. The molecule has 0 aromatic rings. The van der Waals surface area contributed by atoms with E-state index in [1.165, 1.54) is 0 Å². The summed E-state index contributed by atoms with van der Waals surface area (Å²) in [6, 6.07) is 0. The first-order valence-corrected chi connectivity index (χ1v) is 1.34. The van der Waals surface area contributed by atoms with Crippen molar-refractivity contribution in [2.45, 2.75) is 0 Å². The molecule has 0 heterocycles. The van der Waals surface area contributed by atoms with Gasteiger partial charge < -0.3 is 71.0 Å². The topological polar surface area (TPSA) is 143 Å². The van der Waals surface area contributed by atoms with Crippen molar-refractivity contribution in [1.29, 1.82) is 31.6 Å². The van der Waals surface area contributed by atoms with Crippen LogP contribution in [0.3, 0.4) is 0 Å². The Bertz CT molecular complexity index is 103. The smallest absolute Gasteiger partial charge is 0.512 e. The zero-order chi connectivity index (χ0) is 12.0. The van der Waals surface area contributed by atoms with E-state index in [4.69, 9.17) is 71.0 Å². The summed E-state index contributed by atoms with van der Waals surface area (Å²) in [7, 11) is 0. The van der Waals surface area contributed by atoms with Gasteiger partial charge in [-0.2, -0.15) is 0 Å². The average molecular weight is 284 g/mol. The van der Waals surface area contributed by atoms with Crippen molar-refractivity contribution >= 4 is 0 Å². The second-order valence-electron chi connectivity index (χ2n) is 0. The third-order valence-corrected chi connectivity index (χ3v) is 0. The van der Waals surface area contributed by atoms with Gasteiger partial charge in [-0.25, -0.2) is 0 Å². The first kappa shape index (κ1) is 94.6. The van der Waals surface area contributed by atoms with Crippen molar-refractivity contribution < 1.29 is 105 Å². The molecule has 0 amide bonds. The van der Waals surface area contributed by atoms with Crippen LogP contribution in [0.2, 0.25) is 0 Å². The van der Waals surface area contributed by atoms with Gasteiger partial charge >= 0.3 is 105 Å². The molecule has 0 rings (SSSR count). The van der Waals surface area contributed by atoms with Gasteiger partial charge in [-0.1, -0.05) is 0 Å². The van der Waals surface area contributed by atoms with Crippen LogP contribution in [0, 0.1) is 71.0 Å². The van der Waals surface area contributed by atoms with Crippen molar-refractivity contribution in [3.63, 3.8) is 0 Å². The summed E-state index contributed by atoms with van der Waals surface area (Å²) in [5.74, 6) is 0. The van der Waals surface area contributed by atoms with Gasteiger partial charge in [-0.15, -0.1) is 0 Å². The van der Waals surface area contributed by atoms with Gasteiger partial charge in [0.1, 0.15) is 0 Å². The summed E-state index contributed by atoms with van der Waals surface area (Å²) in [5.41, 5.74) is 0. The van der Waals surface area contributed by atoms with E-state index in [0.717, 1.165) is 0 Å². The van der Waals surface area contributed by atoms with Gasteiger partial charge in [0.2, 0.25) is 0 Å². The maximum absolute atomic E-state index is 6.25. The Morgan fingerprint density at radius 2 is 0.312 bits per heavy atom. The van der Waals surface area contributed by atoms with Crippen LogP contribution in [0.1, 0.15) is 0 Å². The summed E-state index contributed by atoms with van der Waals surface area (Å²) < 4.78 is 0. The van der Waals surface area contributed by atoms with Gasteiger partial charge in [0.15, 0.2) is 0 Å². The second kappa shape index (κ2) is 17100. The van der Waals surface area contributed by atoms with E-state index in [-0.39, 0.29) is 105 Å². The molecule has 6 nitrogen and oxygen atoms in total. The Morgan fingerprint density at radius 1 is 0.312 bits per heavy atom. The predicted molar refractivity (Wildman–Crippen MR) is 29.8 cm³/mol. The molecule has 0 spiro atoms. The van der Waals surface area contributed by atoms with E-state index in [0.29, 0.717) is 0 Å². The number of rotatable bonds is 0. The molecule has 0 saturated carbocycles. The molecule has 0 unspecified atom stereocenters. The van der Waals surface area contributed by atoms with Crippen molar-refractivity contribution in [3.05, 3.63) is 39.4 Å². The molecular formula is C6N6Na3Ni. The van der Waals surface area contributed by atoms with Crippen LogP contribution < -0.4 is 88.7 Å². The first-order chi connectivity index (χ1) is 6.00. The molecule has 0 aliphatic carbocycles. The van der Waals surface area contributed by atoms with Crippen LogP contribution in [-0.2, 0) is 16.5 Å². The van der Waals surface area contributed by atoms with Crippen molar-refractivity contribution in [2.75, 3.05) is 0 Å². The Morgan fingerprint density at radius 3 is 0.312 bits per heavy atom. The van der Waals surface area contributed by atoms with Crippen LogP contribution in [0.15, 0.2) is 0 Å². The van der Waals surface area contributed by atoms with Crippen LogP contribution >= 0.6 is 0 Å². The normalized spacial score (nSPS) is 0.750. The number of hydrogen-bond acceptors (Lipinski definition) is 6. The van der Waals surface area contributed by atoms with E-state index in [1.807, 2.05) is 0 Å². The van der Waals surface area contributed by atoms with Crippen LogP contribution in [0.25, 0.3) is 0 Å². The summed E-state index contributed by atoms with van der Waals surface area (Å²) in [4.78, 5) is 0. The minimum atomic E-state index is 0. The first-order valence-electron chi connectivity index (χ1n) is 1.34. The summed E-state index contributed by atoms with van der Waals surface area (Å²) in [6.07, 6.45) is 0. The van der Waals surface area contributed by atoms with Gasteiger partial charge in [0.05, 0.1) is 0 Å². The van der Waals surface area contributed by atoms with Crippen LogP contribution in [0.4, 0.5) is 0 Å². The van der Waals surface area contributed by atoms with Gasteiger partial charge in [-0.05, 0) is 0 Å². The number of hydrogen-bond donors (Lipinski definition) is 0. The minimum Gasteiger partial charge on any atom is -0.512 e. The van der Waals surface area contributed by atoms with E-state index in [9.17, 15) is 0 Å². The van der Waals surface area contributed by atoms with Gasteiger partial charge in [-0.3, -0.25) is 0 Å². The molecular weight excluding hydrogens is 284 g/mol. The predicted octanol–water partition coefficient (Wildman–Crippen LogP) is -8.41. The summed E-state index contributed by atoms with van der Waals surface area (Å²) in [6.45, 7) is 28.5. The Hall–Kier alpha value is 0.434. The maximum atomic E-state index is 6.25. The second-order valence-corrected chi connectivity index (χ2v) is 0. The van der Waals surface area contributed by atoms with Crippen LogP contribution in [-0.4, -0.2) is 0 Å². The number of nitrogens with zero attached hydrogens (tertiary/aromatic N) is 6. The molecule has 0 aromatic heterocycles. The molecule has 1 radical (unpaired) electrons. The quantitative estimate of drug-likeness (QED) is 0.319. The molecule has 0 aliphatic rings. The average Bonchev–Trinajstić information content (AvgIpc) is 2.33. The van der Waals surface area contributed by atoms with Crippen LogP contribution in [0.5, 0.6) is 0 Å². The Kier molecular flexibility index (Phi) is 101000. The third kappa shape index (κ3) is 13900. The molecule has 0 aliphatic heterocycles. The van der Waals surface area contributed by atoms with Crippen molar-refractivity contribution in [3.8, 4) is 0 Å². The summed E-state index contributed by atoms with van der Waals surface area (Å²) >= 11 is 0. The summed E-state index contributed by atoms with van der Waals surface area (Å²) in [5, 5.41) is 37.5. The van der Waals surface area contributed by atoms with E-state index in [1.54, 1.807) is 0 Å². The Balaban J connectivity index is -0.00000000321. The van der Waals surface area contributed by atoms with Crippen molar-refractivity contribution in [2.24, 2.45) is 0 Å². The van der Waals surface area contributed by atoms with E-state index >= 15 is 0 Å². The molecule has 0 aromatic carbocycles. The monoisotopic (exact) mass is 283 g/mol. The zero-order valence-corrected chi connectivity index (χ0v) is 16.0. The molecule has 0 atom stereocenters. The largest absolute Gasteiger partial charge is 3.00 e. The fourth-order valence-corrected chi connectivity index (χ4v) is 0. The molecule has 0 bridgehead atoms. The molecule has 0 N–H and O–H groups in total. The maximum Gasteiger partial charge on any atom is 3.00 e. The van der Waals surface area contributed by atoms with Gasteiger partial charge in [0.25, 0.3) is 0 Å². The SMILES string of the molecule is [C-]#N.[C-]#N.[C-]#N.[C-]#N.[C-]#N.[C-]#N.[Na+].[Na+].[Na+].[Ni+3]. The standard InChI is InChI=1S/6CN.3Na.Ni/c6*1-2;;;;/q6*-1;3*+1;+3. The minimum absolute atomic E-state index is 0. The third-order valence-electron chi connectivity index (χ3n) is 0. The van der Waals surface area contributed by atoms with Gasteiger partial charge in [0, 0.05) is 0 Å².